The highest BCUT2D eigenvalue weighted by Crippen LogP contribution is 2.39. The van der Waals surface area contributed by atoms with Crippen LogP contribution in [0.25, 0.3) is 0 Å². The van der Waals surface area contributed by atoms with Crippen molar-refractivity contribution in [2.45, 2.75) is 236 Å². The summed E-state index contributed by atoms with van der Waals surface area (Å²) in [5, 5.41) is 18.3. The summed E-state index contributed by atoms with van der Waals surface area (Å²) in [6.45, 7) is 6.10. The Morgan fingerprint density at radius 1 is 0.611 bits per heavy atom. The number of aromatic hydroxyl groups is 1. The predicted molar refractivity (Wildman–Crippen MR) is 397 cm³/mol. The van der Waals surface area contributed by atoms with Crippen molar-refractivity contribution in [3.63, 3.8) is 0 Å². The first kappa shape index (κ1) is 87.1. The number of aryl methyl sites for hydroxylation is 1. The number of phenols is 1. The van der Waals surface area contributed by atoms with Gasteiger partial charge in [0.15, 0.2) is 11.6 Å². The zero-order valence-electron chi connectivity index (χ0n) is 65.1. The lowest BCUT2D eigenvalue weighted by Crippen LogP contribution is -2.66. The summed E-state index contributed by atoms with van der Waals surface area (Å²) in [7, 11) is 11.0. The number of benzene rings is 2. The first-order chi connectivity index (χ1) is 50.9. The second kappa shape index (κ2) is 39.0. The summed E-state index contributed by atoms with van der Waals surface area (Å²) < 4.78 is 57.4. The number of rotatable bonds is 13. The number of likely N-dealkylation sites (tertiary alicyclic amines) is 1. The van der Waals surface area contributed by atoms with Gasteiger partial charge in [0, 0.05) is 75.9 Å². The third-order valence-corrected chi connectivity index (χ3v) is 23.4. The van der Waals surface area contributed by atoms with Gasteiger partial charge >= 0.3 is 6.18 Å². The van der Waals surface area contributed by atoms with Gasteiger partial charge in [-0.05, 0) is 130 Å². The van der Waals surface area contributed by atoms with Crippen molar-refractivity contribution >= 4 is 82.5 Å². The summed E-state index contributed by atoms with van der Waals surface area (Å²) in [6, 6.07) is -3.37. The molecule has 3 saturated carbocycles. The molecule has 600 valence electrons. The second-order valence-corrected chi connectivity index (χ2v) is 31.8. The van der Waals surface area contributed by atoms with E-state index in [-0.39, 0.29) is 61.5 Å². The van der Waals surface area contributed by atoms with Gasteiger partial charge in [-0.3, -0.25) is 57.5 Å². The van der Waals surface area contributed by atoms with Crippen LogP contribution in [0.1, 0.15) is 186 Å². The van der Waals surface area contributed by atoms with E-state index in [2.05, 4.69) is 16.0 Å². The Bertz CT molecular complexity index is 3540. The summed E-state index contributed by atoms with van der Waals surface area (Å²) in [6.07, 6.45) is 4.54. The number of phenolic OH excluding ortho intramolecular Hbond substituents is 1. The van der Waals surface area contributed by atoms with E-state index in [1.807, 2.05) is 20.8 Å². The number of nitrogens with zero attached hydrogens (tertiary/aromatic N) is 9. The zero-order chi connectivity index (χ0) is 79.8. The van der Waals surface area contributed by atoms with Gasteiger partial charge in [0.05, 0.1) is 36.6 Å². The molecule has 3 aliphatic carbocycles. The average molecular weight is 1540 g/mol. The van der Waals surface area contributed by atoms with E-state index in [4.69, 9.17) is 11.6 Å². The van der Waals surface area contributed by atoms with Crippen molar-refractivity contribution in [3.8, 4) is 5.75 Å². The molecule has 1 spiro atoms. The highest BCUT2D eigenvalue weighted by molar-refractivity contribution is 6.31. The van der Waals surface area contributed by atoms with E-state index in [1.54, 1.807) is 11.8 Å². The second-order valence-electron chi connectivity index (χ2n) is 31.4. The van der Waals surface area contributed by atoms with Crippen molar-refractivity contribution in [1.82, 2.24) is 60.0 Å². The smallest absolute Gasteiger partial charge is 0.417 e. The van der Waals surface area contributed by atoms with Gasteiger partial charge in [0.2, 0.25) is 70.9 Å². The molecule has 2 aromatic carbocycles. The Hall–Kier alpha value is -8.11. The van der Waals surface area contributed by atoms with Gasteiger partial charge in [0.1, 0.15) is 47.8 Å². The molecule has 5 fully saturated rings. The van der Waals surface area contributed by atoms with Crippen LogP contribution in [0.4, 0.5) is 17.6 Å². The number of piperidine rings is 1. The van der Waals surface area contributed by atoms with Crippen LogP contribution in [0.2, 0.25) is 5.02 Å². The van der Waals surface area contributed by atoms with Crippen molar-refractivity contribution in [3.05, 3.63) is 63.9 Å². The van der Waals surface area contributed by atoms with Crippen LogP contribution < -0.4 is 16.0 Å². The van der Waals surface area contributed by atoms with Gasteiger partial charge < -0.3 is 65.2 Å². The predicted octanol–water partition coefficient (Wildman–Crippen LogP) is 7.35. The van der Waals surface area contributed by atoms with Gasteiger partial charge in [-0.25, -0.2) is 4.39 Å². The topological polar surface area (TPSA) is 290 Å². The van der Waals surface area contributed by atoms with E-state index in [0.717, 1.165) is 94.9 Å². The summed E-state index contributed by atoms with van der Waals surface area (Å²) >= 11 is 6.19. The lowest BCUT2D eigenvalue weighted by Gasteiger charge is -2.43. The number of nitrogens with one attached hydrogen (secondary N) is 3. The molecular weight excluding hydrogens is 1420 g/mol. The standard InChI is InChI=1S/C78H115ClF4N12O13/c1-13-49(4)67-74(106)89(7)46-65(99)87(5)47-66(100)91(9)60(42-50-25-17-14-18-26-50)72(104)88(6)45-63(97)84-57(33-30-51-29-32-54(55(79)40-51)78(81,82)83)71(103)92(10)59(43-52-31-34-62(96)56(80)41-52)70(102)86-77(35-21-22-36-77)76(108)94(12)68(53-27-19-15-20-28-53)75(107)93(11)61(73(105)95-37-23-16-24-38-95)44-64(98)90(8)58(39-48(2)3)69(101)85-67/h29,31-32,34,40-41,48-50,53,57-61,67-68,96H,13-28,30,33,35-39,42-47H2,1-12H3,(H,84,97)(H,85,101)(H,86,102)/t49-,57-,58-,59-,60-,61-,67-,68-/m0/s1. The Balaban J connectivity index is 1.35. The molecule has 0 unspecified atom stereocenters. The van der Waals surface area contributed by atoms with Crippen LogP contribution >= 0.6 is 11.6 Å². The van der Waals surface area contributed by atoms with Crippen LogP contribution in [0, 0.1) is 29.5 Å². The molecular formula is C78H115ClF4N12O13. The van der Waals surface area contributed by atoms with Crippen LogP contribution in [-0.2, 0) is 76.6 Å². The van der Waals surface area contributed by atoms with Gasteiger partial charge in [-0.1, -0.05) is 122 Å². The Kier molecular flexibility index (Phi) is 31.5. The first-order valence-corrected chi connectivity index (χ1v) is 38.9. The molecule has 25 nitrogen and oxygen atoms in total. The molecule has 5 aliphatic rings. The van der Waals surface area contributed by atoms with Crippen molar-refractivity contribution in [2.75, 3.05) is 89.1 Å². The van der Waals surface area contributed by atoms with Crippen molar-refractivity contribution in [1.29, 1.82) is 0 Å². The van der Waals surface area contributed by atoms with E-state index < -0.39 is 191 Å². The van der Waals surface area contributed by atoms with E-state index in [0.29, 0.717) is 70.9 Å². The van der Waals surface area contributed by atoms with Crippen molar-refractivity contribution in [2.24, 2.45) is 23.7 Å². The minimum absolute atomic E-state index is 0.0328. The minimum atomic E-state index is -4.82. The zero-order valence-corrected chi connectivity index (χ0v) is 65.8. The van der Waals surface area contributed by atoms with Gasteiger partial charge in [0.25, 0.3) is 0 Å². The maximum atomic E-state index is 16.0. The summed E-state index contributed by atoms with van der Waals surface area (Å²) in [4.78, 5) is 193. The molecule has 2 heterocycles. The molecule has 12 amide bonds. The fourth-order valence-corrected chi connectivity index (χ4v) is 16.4. The molecule has 108 heavy (non-hydrogen) atoms. The van der Waals surface area contributed by atoms with Crippen LogP contribution in [-0.4, -0.2) is 257 Å². The van der Waals surface area contributed by atoms with Crippen LogP contribution in [0.15, 0.2) is 36.4 Å². The van der Waals surface area contributed by atoms with Crippen molar-refractivity contribution < 1.29 is 80.2 Å². The third kappa shape index (κ3) is 22.3. The highest BCUT2D eigenvalue weighted by atomic mass is 35.5. The van der Waals surface area contributed by atoms with Gasteiger partial charge in [-0.2, -0.15) is 13.2 Å². The largest absolute Gasteiger partial charge is 0.505 e. The number of hydrogen-bond acceptors (Lipinski definition) is 13. The Labute approximate surface area is 638 Å². The first-order valence-electron chi connectivity index (χ1n) is 38.5. The lowest BCUT2D eigenvalue weighted by molar-refractivity contribution is -0.157. The fourth-order valence-electron chi connectivity index (χ4n) is 16.1. The molecule has 2 aromatic rings. The number of carbonyl (C=O) groups is 12. The summed E-state index contributed by atoms with van der Waals surface area (Å²) in [5.41, 5.74) is -2.59. The SMILES string of the molecule is CC[C@H](C)[C@@H]1NC(=O)[C@H](CC(C)C)N(C)C(=O)C[C@@H](C(=O)N2CCCCC2)N(C)C(=O)[C@H](C2CCCCC2)N(C)C(=O)C2(CCCC2)NC(=O)[C@H](Cc2ccc(O)c(F)c2)N(C)C(=O)[C@H](CCc2ccc(C(F)(F)F)c(Cl)c2)NC(=O)CN(C)C(=O)[C@H](CC2CCCCC2)N(C)C(=O)CN(C)C(=O)CN(C)C1=O. The Morgan fingerprint density at radius 2 is 1.19 bits per heavy atom. The molecule has 30 heteroatoms. The highest BCUT2D eigenvalue weighted by Gasteiger charge is 2.51. The molecule has 0 bridgehead atoms. The number of carbonyl (C=O) groups excluding carboxylic acids is 12. The lowest BCUT2D eigenvalue weighted by atomic mass is 9.81. The molecule has 0 radical (unpaired) electrons. The Morgan fingerprint density at radius 3 is 1.79 bits per heavy atom. The molecule has 0 aromatic heterocycles. The van der Waals surface area contributed by atoms with Crippen LogP contribution in [0.5, 0.6) is 5.75 Å². The average Bonchev–Trinajstić information content (AvgIpc) is 1.40. The minimum Gasteiger partial charge on any atom is -0.505 e. The monoisotopic (exact) mass is 1540 g/mol. The number of likely N-dealkylation sites (N-methyl/N-ethyl adjacent to an activating group) is 8. The normalized spacial score (nSPS) is 25.3. The summed E-state index contributed by atoms with van der Waals surface area (Å²) in [5.74, 6) is -11.8. The van der Waals surface area contributed by atoms with E-state index in [9.17, 15) is 47.0 Å². The third-order valence-electron chi connectivity index (χ3n) is 23.1. The number of amides is 12. The fraction of sp³-hybridized carbons (Fsp3) is 0.692. The number of hydrogen-bond donors (Lipinski definition) is 4. The van der Waals surface area contributed by atoms with Crippen LogP contribution in [0.3, 0.4) is 0 Å². The van der Waals surface area contributed by atoms with E-state index >= 15 is 33.2 Å². The number of halogens is 5. The molecule has 2 aliphatic heterocycles. The molecule has 8 atom stereocenters. The quantitative estimate of drug-likeness (QED) is 0.143. The van der Waals surface area contributed by atoms with E-state index in [1.165, 1.54) is 82.0 Å². The maximum Gasteiger partial charge on any atom is 0.417 e. The molecule has 2 saturated heterocycles. The molecule has 4 N–H and O–H groups in total. The molecule has 7 rings (SSSR count). The van der Waals surface area contributed by atoms with Gasteiger partial charge in [-0.15, -0.1) is 0 Å². The number of alkyl halides is 3. The maximum absolute atomic E-state index is 16.0.